The van der Waals surface area contributed by atoms with Gasteiger partial charge in [-0.1, -0.05) is 25.8 Å². The molecule has 3 nitrogen and oxygen atoms in total. The molecule has 0 unspecified atom stereocenters. The highest BCUT2D eigenvalue weighted by atomic mass is 32.2. The molecule has 1 aromatic rings. The van der Waals surface area contributed by atoms with Crippen molar-refractivity contribution in [2.75, 3.05) is 6.26 Å². The topological polar surface area (TPSA) is 29.9 Å². The summed E-state index contributed by atoms with van der Waals surface area (Å²) in [5, 5.41) is 3.86. The fraction of sp³-hybridized carbons (Fsp3) is 0.786. The van der Waals surface area contributed by atoms with Gasteiger partial charge in [0.05, 0.1) is 6.04 Å². The summed E-state index contributed by atoms with van der Waals surface area (Å²) in [6.07, 6.45) is 1.32. The molecule has 21 heavy (non-hydrogen) atoms. The number of alkyl halides is 3. The van der Waals surface area contributed by atoms with Crippen LogP contribution in [0.5, 0.6) is 0 Å². The first kappa shape index (κ1) is 16.7. The van der Waals surface area contributed by atoms with E-state index in [0.717, 1.165) is 25.7 Å². The molecule has 0 amide bonds. The van der Waals surface area contributed by atoms with Crippen molar-refractivity contribution in [3.05, 3.63) is 17.5 Å². The highest BCUT2D eigenvalue weighted by molar-refractivity contribution is 7.96. The molecule has 1 N–H and O–H groups in total. The van der Waals surface area contributed by atoms with Gasteiger partial charge in [-0.3, -0.25) is 9.40 Å². The third-order valence-electron chi connectivity index (χ3n) is 3.97. The summed E-state index contributed by atoms with van der Waals surface area (Å²) in [6, 6.07) is 1.74. The van der Waals surface area contributed by atoms with Gasteiger partial charge in [0.1, 0.15) is 0 Å². The van der Waals surface area contributed by atoms with E-state index >= 15 is 0 Å². The van der Waals surface area contributed by atoms with Crippen molar-refractivity contribution in [2.24, 2.45) is 0 Å². The molecule has 0 radical (unpaired) electrons. The van der Waals surface area contributed by atoms with E-state index in [1.54, 1.807) is 16.6 Å². The van der Waals surface area contributed by atoms with Crippen LogP contribution in [0.1, 0.15) is 62.9 Å². The minimum Gasteiger partial charge on any atom is -0.266 e. The van der Waals surface area contributed by atoms with Crippen molar-refractivity contribution in [1.82, 2.24) is 14.5 Å². The van der Waals surface area contributed by atoms with Crippen LogP contribution in [-0.2, 0) is 6.18 Å². The lowest BCUT2D eigenvalue weighted by molar-refractivity contribution is -0.141. The zero-order valence-corrected chi connectivity index (χ0v) is 13.4. The van der Waals surface area contributed by atoms with E-state index in [2.05, 4.69) is 9.82 Å². The highest BCUT2D eigenvalue weighted by Gasteiger charge is 2.36. The van der Waals surface area contributed by atoms with Gasteiger partial charge < -0.3 is 0 Å². The summed E-state index contributed by atoms with van der Waals surface area (Å²) >= 11 is 1.60. The number of rotatable bonds is 4. The van der Waals surface area contributed by atoms with E-state index < -0.39 is 11.9 Å². The Kier molecular flexibility index (Phi) is 5.24. The smallest absolute Gasteiger partial charge is 0.266 e. The van der Waals surface area contributed by atoms with Crippen LogP contribution in [-0.4, -0.2) is 22.1 Å². The van der Waals surface area contributed by atoms with Crippen LogP contribution in [0.15, 0.2) is 6.07 Å². The minimum absolute atomic E-state index is 0.0376. The van der Waals surface area contributed by atoms with Gasteiger partial charge in [-0.25, -0.2) is 0 Å². The number of nitrogens with zero attached hydrogens (tertiary/aromatic N) is 2. The molecule has 120 valence electrons. The Morgan fingerprint density at radius 3 is 2.38 bits per heavy atom. The largest absolute Gasteiger partial charge is 0.435 e. The second kappa shape index (κ2) is 6.60. The molecule has 0 aromatic carbocycles. The molecule has 1 aromatic heterocycles. The number of aromatic nitrogens is 2. The van der Waals surface area contributed by atoms with Crippen molar-refractivity contribution < 1.29 is 13.2 Å². The molecule has 1 aliphatic rings. The summed E-state index contributed by atoms with van der Waals surface area (Å²) in [5.74, 6) is 0.0376. The van der Waals surface area contributed by atoms with Gasteiger partial charge in [0.25, 0.3) is 0 Å². The first-order valence-corrected chi connectivity index (χ1v) is 8.50. The summed E-state index contributed by atoms with van der Waals surface area (Å²) in [7, 11) is 0. The first-order chi connectivity index (χ1) is 9.82. The van der Waals surface area contributed by atoms with Gasteiger partial charge >= 0.3 is 6.18 Å². The van der Waals surface area contributed by atoms with Gasteiger partial charge in [-0.15, -0.1) is 0 Å². The molecule has 0 bridgehead atoms. The molecule has 1 saturated carbocycles. The Hall–Kier alpha value is -0.690. The van der Waals surface area contributed by atoms with Crippen LogP contribution in [0.25, 0.3) is 0 Å². The summed E-state index contributed by atoms with van der Waals surface area (Å²) in [6.45, 7) is 3.82. The van der Waals surface area contributed by atoms with Crippen LogP contribution < -0.4 is 4.72 Å². The number of halogens is 3. The zero-order valence-electron chi connectivity index (χ0n) is 12.6. The lowest BCUT2D eigenvalue weighted by Gasteiger charge is -2.30. The van der Waals surface area contributed by atoms with E-state index in [1.807, 2.05) is 20.1 Å². The van der Waals surface area contributed by atoms with E-state index in [0.29, 0.717) is 11.7 Å². The van der Waals surface area contributed by atoms with Crippen LogP contribution in [0, 0.1) is 0 Å². The molecular weight excluding hydrogens is 299 g/mol. The lowest BCUT2D eigenvalue weighted by Crippen LogP contribution is -2.30. The van der Waals surface area contributed by atoms with Crippen LogP contribution in [0.4, 0.5) is 13.2 Å². The summed E-state index contributed by atoms with van der Waals surface area (Å²) < 4.78 is 43.6. The van der Waals surface area contributed by atoms with Crippen LogP contribution in [0.2, 0.25) is 0 Å². The predicted molar refractivity (Wildman–Crippen MR) is 79.3 cm³/mol. The number of nitrogens with one attached hydrogen (secondary N) is 1. The second-order valence-corrected chi connectivity index (χ2v) is 6.52. The molecule has 1 heterocycles. The third kappa shape index (κ3) is 3.94. The molecule has 2 rings (SSSR count). The first-order valence-electron chi connectivity index (χ1n) is 7.28. The van der Waals surface area contributed by atoms with Crippen molar-refractivity contribution in [2.45, 2.75) is 63.7 Å². The molecule has 1 aliphatic carbocycles. The van der Waals surface area contributed by atoms with Crippen LogP contribution >= 0.6 is 11.9 Å². The molecule has 1 fully saturated rings. The van der Waals surface area contributed by atoms with E-state index in [4.69, 9.17) is 0 Å². The maximum atomic E-state index is 12.9. The average Bonchev–Trinajstić information content (AvgIpc) is 2.85. The van der Waals surface area contributed by atoms with Crippen molar-refractivity contribution >= 4 is 11.9 Å². The summed E-state index contributed by atoms with van der Waals surface area (Å²) in [4.78, 5) is 0. The normalized spacial score (nSPS) is 23.8. The van der Waals surface area contributed by atoms with E-state index in [-0.39, 0.29) is 12.0 Å². The van der Waals surface area contributed by atoms with Gasteiger partial charge in [0.15, 0.2) is 5.69 Å². The SMILES string of the molecule is CSNC1CCC(n2nc(C(F)(F)F)cc2C(C)C)CC1. The summed E-state index contributed by atoms with van der Waals surface area (Å²) in [5.41, 5.74) is -0.0841. The fourth-order valence-corrected chi connectivity index (χ4v) is 3.45. The average molecular weight is 321 g/mol. The van der Waals surface area contributed by atoms with E-state index in [1.165, 1.54) is 6.07 Å². The maximum absolute atomic E-state index is 12.9. The van der Waals surface area contributed by atoms with E-state index in [9.17, 15) is 13.2 Å². The third-order valence-corrected chi connectivity index (χ3v) is 4.54. The Morgan fingerprint density at radius 1 is 1.29 bits per heavy atom. The van der Waals surface area contributed by atoms with Crippen molar-refractivity contribution in [1.29, 1.82) is 0 Å². The van der Waals surface area contributed by atoms with Gasteiger partial charge in [-0.05, 0) is 43.9 Å². The Labute approximate surface area is 127 Å². The Balaban J connectivity index is 2.17. The molecule has 0 saturated heterocycles. The molecule has 7 heteroatoms. The maximum Gasteiger partial charge on any atom is 0.435 e. The fourth-order valence-electron chi connectivity index (χ4n) is 2.88. The van der Waals surface area contributed by atoms with Gasteiger partial charge in [0.2, 0.25) is 0 Å². The minimum atomic E-state index is -4.37. The lowest BCUT2D eigenvalue weighted by atomic mass is 9.91. The Bertz CT molecular complexity index is 463. The van der Waals surface area contributed by atoms with Crippen molar-refractivity contribution in [3.8, 4) is 0 Å². The molecule has 0 spiro atoms. The predicted octanol–water partition coefficient (Wildman–Crippen LogP) is 4.38. The molecular formula is C14H22F3N3S. The molecule has 0 aliphatic heterocycles. The van der Waals surface area contributed by atoms with Crippen molar-refractivity contribution in [3.63, 3.8) is 0 Å². The second-order valence-electron chi connectivity index (χ2n) is 5.88. The zero-order chi connectivity index (χ0) is 15.6. The monoisotopic (exact) mass is 321 g/mol. The van der Waals surface area contributed by atoms with Gasteiger partial charge in [-0.2, -0.15) is 18.3 Å². The number of hydrogen-bond acceptors (Lipinski definition) is 3. The standard InChI is InChI=1S/C14H22F3N3S/c1-9(2)12-8-13(14(15,16)17)18-20(12)11-6-4-10(5-7-11)19-21-3/h8-11,19H,4-7H2,1-3H3. The molecule has 0 atom stereocenters. The highest BCUT2D eigenvalue weighted by Crippen LogP contribution is 2.35. The van der Waals surface area contributed by atoms with Gasteiger partial charge in [0, 0.05) is 11.7 Å². The number of hydrogen-bond donors (Lipinski definition) is 1. The Morgan fingerprint density at radius 2 is 1.90 bits per heavy atom. The van der Waals surface area contributed by atoms with Crippen LogP contribution in [0.3, 0.4) is 0 Å². The quantitative estimate of drug-likeness (QED) is 0.835.